The Morgan fingerprint density at radius 3 is 2.59 bits per heavy atom. The predicted octanol–water partition coefficient (Wildman–Crippen LogP) is 3.84. The molecule has 2 nitrogen and oxygen atoms in total. The first-order valence-electron chi connectivity index (χ1n) is 5.58. The van der Waals surface area contributed by atoms with E-state index in [1.54, 1.807) is 7.11 Å². The van der Waals surface area contributed by atoms with Crippen molar-refractivity contribution in [2.24, 2.45) is 0 Å². The molecule has 0 amide bonds. The molecule has 0 heterocycles. The second-order valence-electron chi connectivity index (χ2n) is 4.65. The van der Waals surface area contributed by atoms with Gasteiger partial charge in [-0.1, -0.05) is 11.6 Å². The Morgan fingerprint density at radius 1 is 1.41 bits per heavy atom. The summed E-state index contributed by atoms with van der Waals surface area (Å²) in [6, 6.07) is 5.60. The lowest BCUT2D eigenvalue weighted by atomic mass is 10.0. The van der Waals surface area contributed by atoms with Gasteiger partial charge in [0, 0.05) is 28.0 Å². The molecule has 1 unspecified atom stereocenters. The fourth-order valence-electron chi connectivity index (χ4n) is 1.35. The quantitative estimate of drug-likeness (QED) is 0.825. The number of benzene rings is 1. The minimum absolute atomic E-state index is 0.0349. The van der Waals surface area contributed by atoms with Gasteiger partial charge in [-0.3, -0.25) is 0 Å². The van der Waals surface area contributed by atoms with E-state index in [1.807, 2.05) is 25.1 Å². The van der Waals surface area contributed by atoms with Crippen molar-refractivity contribution in [2.45, 2.75) is 38.2 Å². The van der Waals surface area contributed by atoms with Gasteiger partial charge in [0.15, 0.2) is 0 Å². The van der Waals surface area contributed by atoms with Crippen molar-refractivity contribution in [1.29, 1.82) is 0 Å². The van der Waals surface area contributed by atoms with E-state index in [0.29, 0.717) is 11.6 Å². The van der Waals surface area contributed by atoms with Gasteiger partial charge in [-0.25, -0.2) is 0 Å². The lowest BCUT2D eigenvalue weighted by molar-refractivity contribution is 0.368. The maximum atomic E-state index is 6.12. The molecule has 0 bridgehead atoms. The van der Waals surface area contributed by atoms with Crippen LogP contribution in [0.1, 0.15) is 26.3 Å². The van der Waals surface area contributed by atoms with E-state index in [9.17, 15) is 0 Å². The lowest BCUT2D eigenvalue weighted by Gasteiger charge is -2.29. The van der Waals surface area contributed by atoms with Crippen LogP contribution in [0.5, 0.6) is 5.75 Å². The molecule has 0 aliphatic carbocycles. The molecule has 1 aromatic rings. The summed E-state index contributed by atoms with van der Waals surface area (Å²) in [7, 11) is 1.65. The normalized spacial score (nSPS) is 13.5. The van der Waals surface area contributed by atoms with Gasteiger partial charge in [0.05, 0.1) is 7.11 Å². The summed E-state index contributed by atoms with van der Waals surface area (Å²) < 4.78 is 5.29. The van der Waals surface area contributed by atoms with Crippen molar-refractivity contribution in [3.05, 3.63) is 28.8 Å². The van der Waals surface area contributed by atoms with Crippen molar-refractivity contribution in [3.8, 4) is 5.75 Å². The van der Waals surface area contributed by atoms with Crippen LogP contribution < -0.4 is 10.1 Å². The smallest absolute Gasteiger partial charge is 0.123 e. The number of halogens is 2. The predicted molar refractivity (Wildman–Crippen MR) is 74.2 cm³/mol. The zero-order chi connectivity index (χ0) is 13.1. The Kier molecular flexibility index (Phi) is 5.11. The Labute approximate surface area is 113 Å². The first-order valence-corrected chi connectivity index (χ1v) is 6.40. The zero-order valence-electron chi connectivity index (χ0n) is 10.7. The second-order valence-corrected chi connectivity index (χ2v) is 5.74. The topological polar surface area (TPSA) is 21.3 Å². The third-order valence-corrected chi connectivity index (χ3v) is 3.75. The Hall–Kier alpha value is -0.440. The molecule has 0 spiro atoms. The van der Waals surface area contributed by atoms with Gasteiger partial charge < -0.3 is 10.1 Å². The number of methoxy groups -OCH3 is 1. The van der Waals surface area contributed by atoms with Crippen LogP contribution in [0.4, 0.5) is 0 Å². The average molecular weight is 276 g/mol. The van der Waals surface area contributed by atoms with Crippen LogP contribution in [0.3, 0.4) is 0 Å². The summed E-state index contributed by atoms with van der Waals surface area (Å²) in [6.07, 6.45) is 0. The highest BCUT2D eigenvalue weighted by Gasteiger charge is 2.23. The summed E-state index contributed by atoms with van der Waals surface area (Å²) >= 11 is 12.1. The SMILES string of the molecule is COc1ccc(Cl)cc1CNC(C)(C)C(C)Cl. The Balaban J connectivity index is 2.78. The van der Waals surface area contributed by atoms with E-state index >= 15 is 0 Å². The monoisotopic (exact) mass is 275 g/mol. The van der Waals surface area contributed by atoms with Crippen molar-refractivity contribution >= 4 is 23.2 Å². The molecule has 96 valence electrons. The van der Waals surface area contributed by atoms with E-state index in [-0.39, 0.29) is 10.9 Å². The third-order valence-electron chi connectivity index (χ3n) is 2.97. The summed E-state index contributed by atoms with van der Waals surface area (Å²) in [5.74, 6) is 0.833. The molecule has 4 heteroatoms. The van der Waals surface area contributed by atoms with E-state index in [2.05, 4.69) is 19.2 Å². The third kappa shape index (κ3) is 4.06. The molecule has 1 N–H and O–H groups in total. The molecule has 1 rings (SSSR count). The maximum Gasteiger partial charge on any atom is 0.123 e. The second kappa shape index (κ2) is 5.94. The molecule has 1 atom stereocenters. The number of ether oxygens (including phenoxy) is 1. The summed E-state index contributed by atoms with van der Waals surface area (Å²) in [5.41, 5.74) is 0.889. The van der Waals surface area contributed by atoms with E-state index in [1.165, 1.54) is 0 Å². The molecule has 0 fully saturated rings. The number of alkyl halides is 1. The first-order chi connectivity index (χ1) is 7.86. The van der Waals surface area contributed by atoms with Gasteiger partial charge >= 0.3 is 0 Å². The van der Waals surface area contributed by atoms with E-state index < -0.39 is 0 Å². The highest BCUT2D eigenvalue weighted by molar-refractivity contribution is 6.30. The molecule has 0 saturated carbocycles. The lowest BCUT2D eigenvalue weighted by Crippen LogP contribution is -2.45. The van der Waals surface area contributed by atoms with Crippen LogP contribution >= 0.6 is 23.2 Å². The molecular formula is C13H19Cl2NO. The maximum absolute atomic E-state index is 6.12. The molecular weight excluding hydrogens is 257 g/mol. The van der Waals surface area contributed by atoms with E-state index in [4.69, 9.17) is 27.9 Å². The number of hydrogen-bond acceptors (Lipinski definition) is 2. The van der Waals surface area contributed by atoms with Crippen LogP contribution in [0.25, 0.3) is 0 Å². The largest absolute Gasteiger partial charge is 0.496 e. The molecule has 17 heavy (non-hydrogen) atoms. The highest BCUT2D eigenvalue weighted by Crippen LogP contribution is 2.24. The number of nitrogens with one attached hydrogen (secondary N) is 1. The van der Waals surface area contributed by atoms with Crippen molar-refractivity contribution in [3.63, 3.8) is 0 Å². The van der Waals surface area contributed by atoms with Gasteiger partial charge in [-0.2, -0.15) is 0 Å². The van der Waals surface area contributed by atoms with Crippen molar-refractivity contribution in [2.75, 3.05) is 7.11 Å². The van der Waals surface area contributed by atoms with Gasteiger partial charge in [0.25, 0.3) is 0 Å². The van der Waals surface area contributed by atoms with Gasteiger partial charge in [0.1, 0.15) is 5.75 Å². The molecule has 0 radical (unpaired) electrons. The number of hydrogen-bond donors (Lipinski definition) is 1. The van der Waals surface area contributed by atoms with Crippen LogP contribution in [-0.2, 0) is 6.54 Å². The standard InChI is InChI=1S/C13H19Cl2NO/c1-9(14)13(2,3)16-8-10-7-11(15)5-6-12(10)17-4/h5-7,9,16H,8H2,1-4H3. The minimum Gasteiger partial charge on any atom is -0.496 e. The zero-order valence-corrected chi connectivity index (χ0v) is 12.2. The fourth-order valence-corrected chi connectivity index (χ4v) is 1.62. The van der Waals surface area contributed by atoms with Gasteiger partial charge in [-0.15, -0.1) is 11.6 Å². The van der Waals surface area contributed by atoms with Crippen LogP contribution in [-0.4, -0.2) is 18.0 Å². The molecule has 0 saturated heterocycles. The molecule has 0 aromatic heterocycles. The minimum atomic E-state index is -0.144. The number of rotatable bonds is 5. The summed E-state index contributed by atoms with van der Waals surface area (Å²) in [5, 5.41) is 4.15. The Bertz CT molecular complexity index is 378. The van der Waals surface area contributed by atoms with Gasteiger partial charge in [0.2, 0.25) is 0 Å². The fraction of sp³-hybridized carbons (Fsp3) is 0.538. The summed E-state index contributed by atoms with van der Waals surface area (Å²) in [4.78, 5) is 0. The van der Waals surface area contributed by atoms with E-state index in [0.717, 1.165) is 11.3 Å². The first kappa shape index (κ1) is 14.6. The summed E-state index contributed by atoms with van der Waals surface area (Å²) in [6.45, 7) is 6.79. The van der Waals surface area contributed by atoms with Gasteiger partial charge in [-0.05, 0) is 39.0 Å². The molecule has 1 aromatic carbocycles. The average Bonchev–Trinajstić information content (AvgIpc) is 2.26. The molecule has 0 aliphatic rings. The Morgan fingerprint density at radius 2 is 2.06 bits per heavy atom. The van der Waals surface area contributed by atoms with Crippen LogP contribution in [0.15, 0.2) is 18.2 Å². The highest BCUT2D eigenvalue weighted by atomic mass is 35.5. The van der Waals surface area contributed by atoms with Crippen LogP contribution in [0.2, 0.25) is 5.02 Å². The van der Waals surface area contributed by atoms with Crippen molar-refractivity contribution < 1.29 is 4.74 Å². The van der Waals surface area contributed by atoms with Crippen molar-refractivity contribution in [1.82, 2.24) is 5.32 Å². The van der Waals surface area contributed by atoms with Crippen LogP contribution in [0, 0.1) is 0 Å². The molecule has 0 aliphatic heterocycles.